The van der Waals surface area contributed by atoms with Crippen LogP contribution in [0.25, 0.3) is 0 Å². The lowest BCUT2D eigenvalue weighted by Crippen LogP contribution is -2.43. The number of unbranched alkanes of at least 4 members (excludes halogenated alkanes) is 1. The topological polar surface area (TPSA) is 105 Å². The first-order valence-electron chi connectivity index (χ1n) is 6.65. The van der Waals surface area contributed by atoms with E-state index in [4.69, 9.17) is 15.6 Å². The zero-order valence-electron chi connectivity index (χ0n) is 11.1. The summed E-state index contributed by atoms with van der Waals surface area (Å²) in [5.41, 5.74) is 5.38. The van der Waals surface area contributed by atoms with E-state index in [1.807, 2.05) is 0 Å². The van der Waals surface area contributed by atoms with Gasteiger partial charge in [0, 0.05) is 19.6 Å². The number of carbonyl (C=O) groups is 2. The van der Waals surface area contributed by atoms with Crippen molar-refractivity contribution in [3.8, 4) is 0 Å². The molecule has 7 heteroatoms. The Kier molecular flexibility index (Phi) is 7.39. The van der Waals surface area contributed by atoms with Crippen LogP contribution in [0.4, 0.5) is 0 Å². The number of nitrogens with zero attached hydrogens (tertiary/aromatic N) is 1. The van der Waals surface area contributed by atoms with Crippen molar-refractivity contribution in [2.45, 2.75) is 25.3 Å². The highest BCUT2D eigenvalue weighted by Crippen LogP contribution is 1.99. The summed E-state index contributed by atoms with van der Waals surface area (Å²) in [7, 11) is 0. The molecule has 0 bridgehead atoms. The highest BCUT2D eigenvalue weighted by Gasteiger charge is 2.14. The standard InChI is InChI=1S/C12H23N3O4/c13-10(12(17)18)3-1-2-4-14-11(16)9-15-5-7-19-8-6-15/h10H,1-9,13H2,(H,14,16)(H,17,18). The van der Waals surface area contributed by atoms with Gasteiger partial charge in [-0.25, -0.2) is 0 Å². The molecule has 1 amide bonds. The summed E-state index contributed by atoms with van der Waals surface area (Å²) in [6.07, 6.45) is 1.88. The lowest BCUT2D eigenvalue weighted by Gasteiger charge is -2.25. The van der Waals surface area contributed by atoms with Crippen LogP contribution in [-0.2, 0) is 14.3 Å². The van der Waals surface area contributed by atoms with Crippen molar-refractivity contribution >= 4 is 11.9 Å². The molecule has 0 spiro atoms. The quantitative estimate of drug-likeness (QED) is 0.491. The number of carboxylic acid groups (broad SMARTS) is 1. The lowest BCUT2D eigenvalue weighted by molar-refractivity contribution is -0.138. The Hall–Kier alpha value is -1.18. The van der Waals surface area contributed by atoms with Crippen LogP contribution in [0.15, 0.2) is 0 Å². The van der Waals surface area contributed by atoms with E-state index in [0.29, 0.717) is 39.1 Å². The second-order valence-corrected chi connectivity index (χ2v) is 4.68. The van der Waals surface area contributed by atoms with Crippen LogP contribution < -0.4 is 11.1 Å². The number of carbonyl (C=O) groups excluding carboxylic acids is 1. The lowest BCUT2D eigenvalue weighted by atomic mass is 10.1. The molecule has 1 fully saturated rings. The minimum atomic E-state index is -0.976. The molecule has 110 valence electrons. The normalized spacial score (nSPS) is 17.9. The fourth-order valence-corrected chi connectivity index (χ4v) is 1.86. The highest BCUT2D eigenvalue weighted by atomic mass is 16.5. The van der Waals surface area contributed by atoms with Crippen LogP contribution in [-0.4, -0.2) is 67.3 Å². The van der Waals surface area contributed by atoms with Gasteiger partial charge in [-0.2, -0.15) is 0 Å². The van der Waals surface area contributed by atoms with Crippen molar-refractivity contribution in [2.24, 2.45) is 5.73 Å². The van der Waals surface area contributed by atoms with Crippen molar-refractivity contribution in [1.82, 2.24) is 10.2 Å². The average Bonchev–Trinajstić information content (AvgIpc) is 2.39. The Labute approximate surface area is 113 Å². The minimum Gasteiger partial charge on any atom is -0.480 e. The van der Waals surface area contributed by atoms with Crippen LogP contribution in [0.2, 0.25) is 0 Å². The molecule has 1 unspecified atom stereocenters. The fraction of sp³-hybridized carbons (Fsp3) is 0.833. The van der Waals surface area contributed by atoms with Crippen molar-refractivity contribution in [2.75, 3.05) is 39.4 Å². The molecular weight excluding hydrogens is 250 g/mol. The van der Waals surface area contributed by atoms with Gasteiger partial charge in [-0.05, 0) is 19.3 Å². The largest absolute Gasteiger partial charge is 0.480 e. The minimum absolute atomic E-state index is 0.00410. The number of amides is 1. The van der Waals surface area contributed by atoms with Crippen molar-refractivity contribution in [3.05, 3.63) is 0 Å². The monoisotopic (exact) mass is 273 g/mol. The number of nitrogens with one attached hydrogen (secondary N) is 1. The number of carboxylic acids is 1. The maximum Gasteiger partial charge on any atom is 0.320 e. The third kappa shape index (κ3) is 7.09. The number of hydrogen-bond donors (Lipinski definition) is 3. The maximum atomic E-state index is 11.6. The van der Waals surface area contributed by atoms with Gasteiger partial charge in [0.15, 0.2) is 0 Å². The summed E-state index contributed by atoms with van der Waals surface area (Å²) >= 11 is 0. The zero-order chi connectivity index (χ0) is 14.1. The van der Waals surface area contributed by atoms with Crippen LogP contribution in [0.1, 0.15) is 19.3 Å². The first-order valence-corrected chi connectivity index (χ1v) is 6.65. The summed E-state index contributed by atoms with van der Waals surface area (Å²) in [5.74, 6) is -0.971. The van der Waals surface area contributed by atoms with Crippen LogP contribution in [0, 0.1) is 0 Å². The van der Waals surface area contributed by atoms with Gasteiger partial charge >= 0.3 is 5.97 Å². The van der Waals surface area contributed by atoms with Gasteiger partial charge in [-0.15, -0.1) is 0 Å². The molecule has 0 radical (unpaired) electrons. The highest BCUT2D eigenvalue weighted by molar-refractivity contribution is 5.78. The van der Waals surface area contributed by atoms with Crippen molar-refractivity contribution in [3.63, 3.8) is 0 Å². The summed E-state index contributed by atoms with van der Waals surface area (Å²) in [5, 5.41) is 11.4. The maximum absolute atomic E-state index is 11.6. The number of hydrogen-bond acceptors (Lipinski definition) is 5. The average molecular weight is 273 g/mol. The van der Waals surface area contributed by atoms with E-state index in [-0.39, 0.29) is 5.91 Å². The number of rotatable bonds is 8. The molecule has 4 N–H and O–H groups in total. The van der Waals surface area contributed by atoms with E-state index in [1.54, 1.807) is 0 Å². The molecule has 0 aromatic rings. The summed E-state index contributed by atoms with van der Waals surface area (Å²) in [4.78, 5) is 24.1. The molecule has 1 atom stereocenters. The smallest absolute Gasteiger partial charge is 0.320 e. The fourth-order valence-electron chi connectivity index (χ4n) is 1.86. The SMILES string of the molecule is NC(CCCCNC(=O)CN1CCOCC1)C(=O)O. The van der Waals surface area contributed by atoms with Crippen LogP contribution in [0.3, 0.4) is 0 Å². The van der Waals surface area contributed by atoms with Gasteiger partial charge in [-0.3, -0.25) is 14.5 Å². The molecule has 7 nitrogen and oxygen atoms in total. The predicted molar refractivity (Wildman–Crippen MR) is 69.7 cm³/mol. The van der Waals surface area contributed by atoms with Crippen LogP contribution >= 0.6 is 0 Å². The summed E-state index contributed by atoms with van der Waals surface area (Å²) in [6, 6.07) is -0.802. The third-order valence-corrected chi connectivity index (χ3v) is 3.05. The summed E-state index contributed by atoms with van der Waals surface area (Å²) < 4.78 is 5.20. The Balaban J connectivity index is 1.99. The van der Waals surface area contributed by atoms with Gasteiger partial charge < -0.3 is 20.9 Å². The van der Waals surface area contributed by atoms with E-state index in [2.05, 4.69) is 10.2 Å². The van der Waals surface area contributed by atoms with Gasteiger partial charge in [0.2, 0.25) is 5.91 Å². The Bertz CT molecular complexity index is 293. The number of nitrogens with two attached hydrogens (primary N) is 1. The first kappa shape index (κ1) is 15.9. The van der Waals surface area contributed by atoms with E-state index in [1.165, 1.54) is 0 Å². The molecule has 1 aliphatic heterocycles. The predicted octanol–water partition coefficient (Wildman–Crippen LogP) is -0.983. The molecule has 1 rings (SSSR count). The molecule has 1 saturated heterocycles. The van der Waals surface area contributed by atoms with Gasteiger partial charge in [0.05, 0.1) is 19.8 Å². The second-order valence-electron chi connectivity index (χ2n) is 4.68. The Morgan fingerprint density at radius 2 is 2.00 bits per heavy atom. The van der Waals surface area contributed by atoms with Gasteiger partial charge in [0.25, 0.3) is 0 Å². The van der Waals surface area contributed by atoms with Crippen LogP contribution in [0.5, 0.6) is 0 Å². The second kappa shape index (κ2) is 8.84. The first-order chi connectivity index (χ1) is 9.09. The molecule has 19 heavy (non-hydrogen) atoms. The van der Waals surface area contributed by atoms with E-state index in [0.717, 1.165) is 19.5 Å². The van der Waals surface area contributed by atoms with E-state index in [9.17, 15) is 9.59 Å². The third-order valence-electron chi connectivity index (χ3n) is 3.05. The molecular formula is C12H23N3O4. The van der Waals surface area contributed by atoms with Crippen molar-refractivity contribution in [1.29, 1.82) is 0 Å². The van der Waals surface area contributed by atoms with Gasteiger partial charge in [-0.1, -0.05) is 0 Å². The van der Waals surface area contributed by atoms with E-state index >= 15 is 0 Å². The Morgan fingerprint density at radius 1 is 1.32 bits per heavy atom. The molecule has 1 heterocycles. The number of ether oxygens (including phenoxy) is 1. The Morgan fingerprint density at radius 3 is 2.63 bits per heavy atom. The molecule has 1 aliphatic rings. The molecule has 0 aliphatic carbocycles. The summed E-state index contributed by atoms with van der Waals surface area (Å²) in [6.45, 7) is 3.91. The number of morpholine rings is 1. The molecule has 0 aromatic carbocycles. The molecule has 0 saturated carbocycles. The zero-order valence-corrected chi connectivity index (χ0v) is 11.1. The number of aliphatic carboxylic acids is 1. The van der Waals surface area contributed by atoms with Gasteiger partial charge in [0.1, 0.15) is 6.04 Å². The molecule has 0 aromatic heterocycles. The van der Waals surface area contributed by atoms with E-state index < -0.39 is 12.0 Å². The van der Waals surface area contributed by atoms with Crippen molar-refractivity contribution < 1.29 is 19.4 Å².